The van der Waals surface area contributed by atoms with Gasteiger partial charge in [0, 0.05) is 9.50 Å². The molecule has 0 saturated heterocycles. The number of halogens is 3. The first-order valence-corrected chi connectivity index (χ1v) is 7.09. The standard InChI is InChI=1S/C14H10BrCl2NO/c15-10-3-1-2-9(6-10)7-14(19)18-13-8-11(16)4-5-12(13)17/h1-6,8H,7H2,(H,18,19). The van der Waals surface area contributed by atoms with Crippen molar-refractivity contribution in [2.45, 2.75) is 6.42 Å². The van der Waals surface area contributed by atoms with Crippen LogP contribution >= 0.6 is 39.1 Å². The Balaban J connectivity index is 2.07. The lowest BCUT2D eigenvalue weighted by Gasteiger charge is -2.08. The largest absolute Gasteiger partial charge is 0.324 e. The fourth-order valence-corrected chi connectivity index (χ4v) is 2.40. The molecule has 19 heavy (non-hydrogen) atoms. The third-order valence-corrected chi connectivity index (χ3v) is 3.51. The van der Waals surface area contributed by atoms with E-state index in [0.717, 1.165) is 10.0 Å². The molecule has 1 N–H and O–H groups in total. The van der Waals surface area contributed by atoms with Gasteiger partial charge in [0.25, 0.3) is 0 Å². The van der Waals surface area contributed by atoms with E-state index in [9.17, 15) is 4.79 Å². The first kappa shape index (κ1) is 14.4. The summed E-state index contributed by atoms with van der Waals surface area (Å²) >= 11 is 15.2. The minimum atomic E-state index is -0.137. The maximum absolute atomic E-state index is 11.9. The number of carbonyl (C=O) groups is 1. The van der Waals surface area contributed by atoms with E-state index in [1.165, 1.54) is 0 Å². The lowest BCUT2D eigenvalue weighted by molar-refractivity contribution is -0.115. The molecule has 2 aromatic rings. The Hall–Kier alpha value is -1.03. The van der Waals surface area contributed by atoms with Crippen molar-refractivity contribution >= 4 is 50.7 Å². The van der Waals surface area contributed by atoms with Crippen LogP contribution in [0.25, 0.3) is 0 Å². The number of rotatable bonds is 3. The van der Waals surface area contributed by atoms with Crippen molar-refractivity contribution < 1.29 is 4.79 Å². The van der Waals surface area contributed by atoms with Crippen LogP contribution in [0, 0.1) is 0 Å². The third kappa shape index (κ3) is 4.23. The predicted octanol–water partition coefficient (Wildman–Crippen LogP) is 4.94. The highest BCUT2D eigenvalue weighted by molar-refractivity contribution is 9.10. The van der Waals surface area contributed by atoms with Gasteiger partial charge in [-0.3, -0.25) is 4.79 Å². The number of carbonyl (C=O) groups excluding carboxylic acids is 1. The lowest BCUT2D eigenvalue weighted by Crippen LogP contribution is -2.14. The van der Waals surface area contributed by atoms with E-state index in [1.54, 1.807) is 18.2 Å². The van der Waals surface area contributed by atoms with Gasteiger partial charge in [0.2, 0.25) is 5.91 Å². The van der Waals surface area contributed by atoms with E-state index in [4.69, 9.17) is 23.2 Å². The van der Waals surface area contributed by atoms with Gasteiger partial charge in [0.1, 0.15) is 0 Å². The Morgan fingerprint density at radius 1 is 1.16 bits per heavy atom. The van der Waals surface area contributed by atoms with Gasteiger partial charge in [-0.25, -0.2) is 0 Å². The predicted molar refractivity (Wildman–Crippen MR) is 82.9 cm³/mol. The first-order chi connectivity index (χ1) is 9.04. The SMILES string of the molecule is O=C(Cc1cccc(Br)c1)Nc1cc(Cl)ccc1Cl. The Morgan fingerprint density at radius 2 is 1.95 bits per heavy atom. The summed E-state index contributed by atoms with van der Waals surface area (Å²) in [5.74, 6) is -0.137. The van der Waals surface area contributed by atoms with Crippen molar-refractivity contribution in [1.29, 1.82) is 0 Å². The molecular weight excluding hydrogens is 349 g/mol. The van der Waals surface area contributed by atoms with Gasteiger partial charge in [-0.1, -0.05) is 51.3 Å². The summed E-state index contributed by atoms with van der Waals surface area (Å²) in [4.78, 5) is 11.9. The Kier molecular flexibility index (Phi) is 4.86. The molecule has 0 aliphatic rings. The third-order valence-electron chi connectivity index (χ3n) is 2.46. The number of amides is 1. The lowest BCUT2D eigenvalue weighted by atomic mass is 10.1. The van der Waals surface area contributed by atoms with Crippen LogP contribution in [0.15, 0.2) is 46.9 Å². The van der Waals surface area contributed by atoms with Crippen molar-refractivity contribution in [2.24, 2.45) is 0 Å². The maximum Gasteiger partial charge on any atom is 0.228 e. The van der Waals surface area contributed by atoms with Crippen molar-refractivity contribution in [3.63, 3.8) is 0 Å². The van der Waals surface area contributed by atoms with Crippen LogP contribution in [0.1, 0.15) is 5.56 Å². The van der Waals surface area contributed by atoms with E-state index >= 15 is 0 Å². The molecule has 0 aliphatic heterocycles. The zero-order valence-corrected chi connectivity index (χ0v) is 12.9. The minimum absolute atomic E-state index is 0.137. The smallest absolute Gasteiger partial charge is 0.228 e. The van der Waals surface area contributed by atoms with Crippen LogP contribution in [0.2, 0.25) is 10.0 Å². The normalized spacial score (nSPS) is 10.3. The van der Waals surface area contributed by atoms with Crippen LogP contribution in [0.5, 0.6) is 0 Å². The summed E-state index contributed by atoms with van der Waals surface area (Å²) in [6.07, 6.45) is 0.280. The average molecular weight is 359 g/mol. The average Bonchev–Trinajstić information content (AvgIpc) is 2.34. The molecule has 0 unspecified atom stereocenters. The molecule has 0 aliphatic carbocycles. The van der Waals surface area contributed by atoms with E-state index in [2.05, 4.69) is 21.2 Å². The van der Waals surface area contributed by atoms with E-state index < -0.39 is 0 Å². The minimum Gasteiger partial charge on any atom is -0.324 e. The molecule has 2 aromatic carbocycles. The van der Waals surface area contributed by atoms with E-state index in [-0.39, 0.29) is 12.3 Å². The van der Waals surface area contributed by atoms with E-state index in [1.807, 2.05) is 24.3 Å². The summed E-state index contributed by atoms with van der Waals surface area (Å²) in [7, 11) is 0. The number of nitrogens with one attached hydrogen (secondary N) is 1. The number of hydrogen-bond acceptors (Lipinski definition) is 1. The van der Waals surface area contributed by atoms with Crippen LogP contribution in [0.3, 0.4) is 0 Å². The van der Waals surface area contributed by atoms with Gasteiger partial charge in [0.05, 0.1) is 17.1 Å². The van der Waals surface area contributed by atoms with Crippen molar-refractivity contribution in [3.8, 4) is 0 Å². The van der Waals surface area contributed by atoms with Crippen LogP contribution in [-0.4, -0.2) is 5.91 Å². The van der Waals surface area contributed by atoms with Crippen molar-refractivity contribution in [1.82, 2.24) is 0 Å². The summed E-state index contributed by atoms with van der Waals surface area (Å²) < 4.78 is 0.943. The Labute approximate surface area is 129 Å². The Bertz CT molecular complexity index is 616. The molecule has 0 bridgehead atoms. The van der Waals surface area contributed by atoms with Crippen LogP contribution < -0.4 is 5.32 Å². The zero-order chi connectivity index (χ0) is 13.8. The molecule has 0 radical (unpaired) electrons. The molecule has 0 fully saturated rings. The molecule has 98 valence electrons. The monoisotopic (exact) mass is 357 g/mol. The molecule has 2 rings (SSSR count). The molecule has 0 heterocycles. The van der Waals surface area contributed by atoms with Gasteiger partial charge < -0.3 is 5.32 Å². The molecule has 2 nitrogen and oxygen atoms in total. The van der Waals surface area contributed by atoms with Gasteiger partial charge in [-0.2, -0.15) is 0 Å². The molecule has 5 heteroatoms. The molecule has 1 amide bonds. The van der Waals surface area contributed by atoms with Gasteiger partial charge in [-0.15, -0.1) is 0 Å². The quantitative estimate of drug-likeness (QED) is 0.827. The summed E-state index contributed by atoms with van der Waals surface area (Å²) in [6, 6.07) is 12.5. The second-order valence-electron chi connectivity index (χ2n) is 3.98. The first-order valence-electron chi connectivity index (χ1n) is 5.54. The van der Waals surface area contributed by atoms with Crippen LogP contribution in [0.4, 0.5) is 5.69 Å². The summed E-state index contributed by atoms with van der Waals surface area (Å²) in [5.41, 5.74) is 1.44. The fraction of sp³-hybridized carbons (Fsp3) is 0.0714. The van der Waals surface area contributed by atoms with Gasteiger partial charge in [0.15, 0.2) is 0 Å². The highest BCUT2D eigenvalue weighted by atomic mass is 79.9. The molecule has 0 aromatic heterocycles. The molecule has 0 atom stereocenters. The number of anilines is 1. The highest BCUT2D eigenvalue weighted by Gasteiger charge is 2.07. The van der Waals surface area contributed by atoms with Crippen LogP contribution in [-0.2, 0) is 11.2 Å². The number of hydrogen-bond donors (Lipinski definition) is 1. The summed E-state index contributed by atoms with van der Waals surface area (Å²) in [6.45, 7) is 0. The molecule has 0 spiro atoms. The number of benzene rings is 2. The fourth-order valence-electron chi connectivity index (χ4n) is 1.62. The molecule has 0 saturated carbocycles. The van der Waals surface area contributed by atoms with Gasteiger partial charge in [-0.05, 0) is 35.9 Å². The highest BCUT2D eigenvalue weighted by Crippen LogP contribution is 2.25. The second-order valence-corrected chi connectivity index (χ2v) is 5.74. The topological polar surface area (TPSA) is 29.1 Å². The summed E-state index contributed by atoms with van der Waals surface area (Å²) in [5, 5.41) is 3.74. The maximum atomic E-state index is 11.9. The Morgan fingerprint density at radius 3 is 2.68 bits per heavy atom. The second kappa shape index (κ2) is 6.42. The molecular formula is C14H10BrCl2NO. The van der Waals surface area contributed by atoms with Crippen molar-refractivity contribution in [3.05, 3.63) is 62.5 Å². The zero-order valence-electron chi connectivity index (χ0n) is 9.79. The van der Waals surface area contributed by atoms with Crippen molar-refractivity contribution in [2.75, 3.05) is 5.32 Å². The van der Waals surface area contributed by atoms with Gasteiger partial charge >= 0.3 is 0 Å². The van der Waals surface area contributed by atoms with E-state index in [0.29, 0.717) is 15.7 Å².